The van der Waals surface area contributed by atoms with Crippen molar-refractivity contribution in [3.8, 4) is 0 Å². The smallest absolute Gasteiger partial charge is 0.224 e. The normalized spacial score (nSPS) is 15.1. The summed E-state index contributed by atoms with van der Waals surface area (Å²) in [4.78, 5) is 16.8. The molecular formula is C23H28ClN3O. The minimum absolute atomic E-state index is 0.214. The molecule has 0 aliphatic carbocycles. The van der Waals surface area contributed by atoms with E-state index in [1.54, 1.807) is 0 Å². The van der Waals surface area contributed by atoms with Crippen LogP contribution in [0.15, 0.2) is 54.6 Å². The van der Waals surface area contributed by atoms with Crippen LogP contribution in [0.4, 0.5) is 5.69 Å². The Morgan fingerprint density at radius 1 is 1.07 bits per heavy atom. The molecule has 4 nitrogen and oxygen atoms in total. The van der Waals surface area contributed by atoms with Crippen molar-refractivity contribution in [2.45, 2.75) is 13.3 Å². The second-order valence-electron chi connectivity index (χ2n) is 7.08. The molecule has 1 aliphatic rings. The molecular weight excluding hydrogens is 370 g/mol. The number of carbonyl (C=O) groups excluding carboxylic acids is 1. The molecule has 148 valence electrons. The van der Waals surface area contributed by atoms with Gasteiger partial charge in [-0.3, -0.25) is 9.69 Å². The monoisotopic (exact) mass is 397 g/mol. The summed E-state index contributed by atoms with van der Waals surface area (Å²) in [6, 6.07) is 16.1. The van der Waals surface area contributed by atoms with Gasteiger partial charge in [-0.1, -0.05) is 60.2 Å². The van der Waals surface area contributed by atoms with Crippen LogP contribution in [-0.4, -0.2) is 55.0 Å². The van der Waals surface area contributed by atoms with E-state index in [0.717, 1.165) is 49.0 Å². The molecule has 5 heteroatoms. The van der Waals surface area contributed by atoms with Crippen LogP contribution < -0.4 is 5.32 Å². The van der Waals surface area contributed by atoms with Gasteiger partial charge < -0.3 is 10.2 Å². The van der Waals surface area contributed by atoms with Gasteiger partial charge in [-0.15, -0.1) is 0 Å². The van der Waals surface area contributed by atoms with Crippen LogP contribution in [0.3, 0.4) is 0 Å². The molecule has 0 atom stereocenters. The van der Waals surface area contributed by atoms with Gasteiger partial charge in [-0.25, -0.2) is 0 Å². The molecule has 28 heavy (non-hydrogen) atoms. The van der Waals surface area contributed by atoms with Crippen molar-refractivity contribution in [1.29, 1.82) is 0 Å². The lowest BCUT2D eigenvalue weighted by Crippen LogP contribution is -2.48. The second kappa shape index (κ2) is 10.3. The van der Waals surface area contributed by atoms with Gasteiger partial charge in [-0.2, -0.15) is 0 Å². The summed E-state index contributed by atoms with van der Waals surface area (Å²) < 4.78 is 0. The van der Waals surface area contributed by atoms with Crippen LogP contribution in [0.2, 0.25) is 5.02 Å². The van der Waals surface area contributed by atoms with Gasteiger partial charge in [0.1, 0.15) is 0 Å². The van der Waals surface area contributed by atoms with Crippen molar-refractivity contribution in [3.63, 3.8) is 0 Å². The summed E-state index contributed by atoms with van der Waals surface area (Å²) in [5.41, 5.74) is 3.24. The second-order valence-corrected chi connectivity index (χ2v) is 7.49. The van der Waals surface area contributed by atoms with Gasteiger partial charge in [0, 0.05) is 56.4 Å². The number of benzene rings is 2. The number of piperazine rings is 1. The molecule has 2 aromatic rings. The van der Waals surface area contributed by atoms with Gasteiger partial charge in [0.25, 0.3) is 0 Å². The van der Waals surface area contributed by atoms with Gasteiger partial charge in [0.15, 0.2) is 0 Å². The standard InChI is InChI=1S/C23H28ClN3O/c1-19-21(24)10-5-11-22(19)25-13-12-23(28)27-17-15-26(16-18-27)14-6-9-20-7-3-2-4-8-20/h2-11,25H,12-18H2,1H3/b9-6+. The zero-order valence-corrected chi connectivity index (χ0v) is 17.2. The van der Waals surface area contributed by atoms with Crippen molar-refractivity contribution >= 4 is 29.3 Å². The van der Waals surface area contributed by atoms with Crippen molar-refractivity contribution in [1.82, 2.24) is 9.80 Å². The van der Waals surface area contributed by atoms with Gasteiger partial charge in [-0.05, 0) is 30.2 Å². The van der Waals surface area contributed by atoms with Crippen LogP contribution in [-0.2, 0) is 4.79 Å². The number of hydrogen-bond donors (Lipinski definition) is 1. The Labute approximate surface area is 172 Å². The summed E-state index contributed by atoms with van der Waals surface area (Å²) in [6.45, 7) is 6.98. The first-order valence-corrected chi connectivity index (χ1v) is 10.2. The predicted molar refractivity (Wildman–Crippen MR) is 118 cm³/mol. The number of nitrogens with one attached hydrogen (secondary N) is 1. The number of carbonyl (C=O) groups is 1. The Bertz CT molecular complexity index is 799. The highest BCUT2D eigenvalue weighted by Gasteiger charge is 2.19. The van der Waals surface area contributed by atoms with Crippen LogP contribution >= 0.6 is 11.6 Å². The van der Waals surface area contributed by atoms with E-state index in [9.17, 15) is 4.79 Å². The van der Waals surface area contributed by atoms with Crippen molar-refractivity contribution < 1.29 is 4.79 Å². The first-order valence-electron chi connectivity index (χ1n) is 9.84. The fourth-order valence-corrected chi connectivity index (χ4v) is 3.52. The summed E-state index contributed by atoms with van der Waals surface area (Å²) in [7, 11) is 0. The Morgan fingerprint density at radius 3 is 2.57 bits per heavy atom. The number of hydrogen-bond acceptors (Lipinski definition) is 3. The quantitative estimate of drug-likeness (QED) is 0.756. The van der Waals surface area contributed by atoms with Crippen LogP contribution in [0.1, 0.15) is 17.5 Å². The average molecular weight is 398 g/mol. The van der Waals surface area contributed by atoms with Crippen molar-refractivity contribution in [2.24, 2.45) is 0 Å². The van der Waals surface area contributed by atoms with Gasteiger partial charge in [0.05, 0.1) is 0 Å². The summed E-state index contributed by atoms with van der Waals surface area (Å²) in [5, 5.41) is 4.07. The largest absolute Gasteiger partial charge is 0.384 e. The number of anilines is 1. The molecule has 1 aliphatic heterocycles. The lowest BCUT2D eigenvalue weighted by molar-refractivity contribution is -0.132. The molecule has 0 saturated carbocycles. The lowest BCUT2D eigenvalue weighted by Gasteiger charge is -2.34. The van der Waals surface area contributed by atoms with E-state index >= 15 is 0 Å². The maximum atomic E-state index is 12.5. The van der Waals surface area contributed by atoms with E-state index in [1.165, 1.54) is 5.56 Å². The highest BCUT2D eigenvalue weighted by molar-refractivity contribution is 6.31. The van der Waals surface area contributed by atoms with Crippen molar-refractivity contribution in [3.05, 3.63) is 70.8 Å². The van der Waals surface area contributed by atoms with E-state index in [2.05, 4.69) is 34.5 Å². The number of rotatable bonds is 7. The molecule has 1 N–H and O–H groups in total. The molecule has 0 bridgehead atoms. The number of amides is 1. The van der Waals surface area contributed by atoms with E-state index in [0.29, 0.717) is 13.0 Å². The summed E-state index contributed by atoms with van der Waals surface area (Å²) in [5.74, 6) is 0.214. The highest BCUT2D eigenvalue weighted by Crippen LogP contribution is 2.22. The molecule has 0 unspecified atom stereocenters. The summed E-state index contributed by atoms with van der Waals surface area (Å²) in [6.07, 6.45) is 4.85. The van der Waals surface area contributed by atoms with Crippen LogP contribution in [0.5, 0.6) is 0 Å². The Hall–Kier alpha value is -2.30. The third-order valence-corrected chi connectivity index (χ3v) is 5.53. The molecule has 0 aromatic heterocycles. The predicted octanol–water partition coefficient (Wildman–Crippen LogP) is 4.31. The fraction of sp³-hybridized carbons (Fsp3) is 0.348. The average Bonchev–Trinajstić information content (AvgIpc) is 2.72. The molecule has 0 radical (unpaired) electrons. The lowest BCUT2D eigenvalue weighted by atomic mass is 10.2. The van der Waals surface area contributed by atoms with Crippen LogP contribution in [0, 0.1) is 6.92 Å². The fourth-order valence-electron chi connectivity index (χ4n) is 3.34. The Morgan fingerprint density at radius 2 is 1.82 bits per heavy atom. The maximum Gasteiger partial charge on any atom is 0.224 e. The first kappa shape index (κ1) is 20.4. The zero-order valence-electron chi connectivity index (χ0n) is 16.4. The molecule has 0 spiro atoms. The molecule has 1 heterocycles. The van der Waals surface area contributed by atoms with Gasteiger partial charge in [0.2, 0.25) is 5.91 Å². The molecule has 3 rings (SSSR count). The first-order chi connectivity index (χ1) is 13.6. The maximum absolute atomic E-state index is 12.5. The van der Waals surface area contributed by atoms with E-state index in [4.69, 9.17) is 11.6 Å². The minimum atomic E-state index is 0.214. The topological polar surface area (TPSA) is 35.6 Å². The molecule has 1 amide bonds. The summed E-state index contributed by atoms with van der Waals surface area (Å²) >= 11 is 6.14. The Kier molecular flexibility index (Phi) is 7.52. The molecule has 1 saturated heterocycles. The highest BCUT2D eigenvalue weighted by atomic mass is 35.5. The van der Waals surface area contributed by atoms with Crippen LogP contribution in [0.25, 0.3) is 6.08 Å². The third kappa shape index (κ3) is 5.85. The van der Waals surface area contributed by atoms with E-state index < -0.39 is 0 Å². The third-order valence-electron chi connectivity index (χ3n) is 5.12. The zero-order chi connectivity index (χ0) is 19.8. The minimum Gasteiger partial charge on any atom is -0.384 e. The molecule has 1 fully saturated rings. The number of halogens is 1. The van der Waals surface area contributed by atoms with Gasteiger partial charge >= 0.3 is 0 Å². The SMILES string of the molecule is Cc1c(Cl)cccc1NCCC(=O)N1CCN(C/C=C/c2ccccc2)CC1. The van der Waals surface area contributed by atoms with Crippen molar-refractivity contribution in [2.75, 3.05) is 44.6 Å². The number of nitrogens with zero attached hydrogens (tertiary/aromatic N) is 2. The van der Waals surface area contributed by atoms with E-state index in [-0.39, 0.29) is 5.91 Å². The Balaban J connectivity index is 1.36. The van der Waals surface area contributed by atoms with E-state index in [1.807, 2.05) is 48.2 Å². The molecule has 2 aromatic carbocycles.